The van der Waals surface area contributed by atoms with Crippen LogP contribution in [0, 0.1) is 0 Å². The molecule has 0 bridgehead atoms. The van der Waals surface area contributed by atoms with Gasteiger partial charge in [-0.15, -0.1) is 11.8 Å². The Morgan fingerprint density at radius 2 is 1.90 bits per heavy atom. The van der Waals surface area contributed by atoms with Crippen LogP contribution in [-0.4, -0.2) is 22.2 Å². The molecule has 0 spiro atoms. The number of carboxylic acids is 1. The van der Waals surface area contributed by atoms with Gasteiger partial charge in [0.25, 0.3) is 0 Å². The first-order valence-corrected chi connectivity index (χ1v) is 8.12. The van der Waals surface area contributed by atoms with Crippen molar-refractivity contribution < 1.29 is 14.7 Å². The molecule has 116 valence electrons. The summed E-state index contributed by atoms with van der Waals surface area (Å²) in [5, 5.41) is 8.79. The van der Waals surface area contributed by atoms with Crippen LogP contribution >= 0.6 is 11.8 Å². The molecule has 5 heteroatoms. The fraction of sp³-hybridized carbons (Fsp3) is 0.500. The number of nitrogens with two attached hydrogens (primary N) is 1. The molecule has 3 N–H and O–H groups in total. The summed E-state index contributed by atoms with van der Waals surface area (Å²) in [6.45, 7) is 3.88. The van der Waals surface area contributed by atoms with Crippen LogP contribution in [0.5, 0.6) is 0 Å². The van der Waals surface area contributed by atoms with E-state index in [0.29, 0.717) is 12.8 Å². The molecule has 0 saturated heterocycles. The molecule has 0 fully saturated rings. The van der Waals surface area contributed by atoms with E-state index in [4.69, 9.17) is 5.73 Å². The minimum absolute atomic E-state index is 0.465. The van der Waals surface area contributed by atoms with Gasteiger partial charge in [0.05, 0.1) is 0 Å². The first-order chi connectivity index (χ1) is 9.97. The summed E-state index contributed by atoms with van der Waals surface area (Å²) >= 11 is 1.17. The molecule has 0 aliphatic carbocycles. The van der Waals surface area contributed by atoms with E-state index in [1.807, 2.05) is 44.2 Å². The molecule has 21 heavy (non-hydrogen) atoms. The van der Waals surface area contributed by atoms with E-state index >= 15 is 0 Å². The Morgan fingerprint density at radius 1 is 1.29 bits per heavy atom. The molecule has 1 amide bonds. The third kappa shape index (κ3) is 4.24. The highest BCUT2D eigenvalue weighted by atomic mass is 32.2. The van der Waals surface area contributed by atoms with Crippen LogP contribution < -0.4 is 5.73 Å². The highest BCUT2D eigenvalue weighted by Crippen LogP contribution is 2.43. The van der Waals surface area contributed by atoms with Crippen molar-refractivity contribution in [3.8, 4) is 0 Å². The fourth-order valence-corrected chi connectivity index (χ4v) is 3.73. The molecule has 4 nitrogen and oxygen atoms in total. The molecular formula is C16H23NO3S. The van der Waals surface area contributed by atoms with Gasteiger partial charge in [0.2, 0.25) is 5.91 Å². The van der Waals surface area contributed by atoms with Gasteiger partial charge in [0.1, 0.15) is 10.00 Å². The van der Waals surface area contributed by atoms with E-state index in [-0.39, 0.29) is 0 Å². The first kappa shape index (κ1) is 17.6. The smallest absolute Gasteiger partial charge is 0.316 e. The second-order valence-corrected chi connectivity index (χ2v) is 6.50. The molecule has 1 aromatic carbocycles. The number of hydrogen-bond donors (Lipinski definition) is 2. The standard InChI is InChI=1S/C16H23NO3S/c1-3-5-11-13(14(18)19)21-16(4-2,15(17)20)12-9-7-6-8-10-12/h6-10,13H,3-5,11H2,1-2H3,(H2,17,20)(H,18,19)/t13-,16+/m1/s1. The van der Waals surface area contributed by atoms with Crippen LogP contribution in [0.15, 0.2) is 30.3 Å². The predicted molar refractivity (Wildman–Crippen MR) is 86.1 cm³/mol. The number of amides is 1. The average molecular weight is 309 g/mol. The Bertz CT molecular complexity index is 478. The van der Waals surface area contributed by atoms with E-state index in [1.54, 1.807) is 0 Å². The molecule has 1 aromatic rings. The molecule has 0 heterocycles. The molecule has 0 aliphatic rings. The van der Waals surface area contributed by atoms with Gasteiger partial charge in [-0.1, -0.05) is 57.0 Å². The number of carbonyl (C=O) groups excluding carboxylic acids is 1. The van der Waals surface area contributed by atoms with Crippen LogP contribution in [0.1, 0.15) is 45.1 Å². The van der Waals surface area contributed by atoms with Crippen molar-refractivity contribution >= 4 is 23.6 Å². The zero-order valence-corrected chi connectivity index (χ0v) is 13.4. The fourth-order valence-electron chi connectivity index (χ4n) is 2.30. The van der Waals surface area contributed by atoms with Gasteiger partial charge in [-0.2, -0.15) is 0 Å². The molecule has 0 saturated carbocycles. The maximum Gasteiger partial charge on any atom is 0.316 e. The largest absolute Gasteiger partial charge is 0.480 e. The summed E-state index contributed by atoms with van der Waals surface area (Å²) in [6, 6.07) is 9.21. The molecule has 0 radical (unpaired) electrons. The first-order valence-electron chi connectivity index (χ1n) is 7.24. The SMILES string of the molecule is CCCC[C@@H](S[C@](CC)(C(N)=O)c1ccccc1)C(=O)O. The van der Waals surface area contributed by atoms with Crippen LogP contribution in [0.3, 0.4) is 0 Å². The summed E-state index contributed by atoms with van der Waals surface area (Å²) in [5.74, 6) is -1.37. The Hall–Kier alpha value is -1.49. The normalized spacial score (nSPS) is 15.1. The lowest BCUT2D eigenvalue weighted by atomic mass is 9.95. The van der Waals surface area contributed by atoms with Gasteiger partial charge < -0.3 is 10.8 Å². The van der Waals surface area contributed by atoms with Gasteiger partial charge in [-0.05, 0) is 18.4 Å². The Morgan fingerprint density at radius 3 is 2.33 bits per heavy atom. The Labute approximate surface area is 130 Å². The number of hydrogen-bond acceptors (Lipinski definition) is 3. The number of benzene rings is 1. The van der Waals surface area contributed by atoms with Crippen molar-refractivity contribution in [2.45, 2.75) is 49.5 Å². The minimum Gasteiger partial charge on any atom is -0.480 e. The van der Waals surface area contributed by atoms with Crippen LogP contribution in [0.25, 0.3) is 0 Å². The molecule has 1 rings (SSSR count). The number of carbonyl (C=O) groups is 2. The topological polar surface area (TPSA) is 80.4 Å². The Balaban J connectivity index is 3.13. The second-order valence-electron chi connectivity index (χ2n) is 5.00. The molecule has 0 unspecified atom stereocenters. The number of primary amides is 1. The summed E-state index contributed by atoms with van der Waals surface area (Å²) in [6.07, 6.45) is 2.74. The lowest BCUT2D eigenvalue weighted by Crippen LogP contribution is -2.40. The number of aliphatic carboxylic acids is 1. The van der Waals surface area contributed by atoms with Crippen LogP contribution in [0.4, 0.5) is 0 Å². The van der Waals surface area contributed by atoms with Gasteiger partial charge >= 0.3 is 5.97 Å². The quantitative estimate of drug-likeness (QED) is 0.734. The van der Waals surface area contributed by atoms with E-state index in [0.717, 1.165) is 18.4 Å². The highest BCUT2D eigenvalue weighted by Gasteiger charge is 2.41. The summed E-state index contributed by atoms with van der Waals surface area (Å²) in [5.41, 5.74) is 6.41. The van der Waals surface area contributed by atoms with Crippen molar-refractivity contribution in [1.29, 1.82) is 0 Å². The second kappa shape index (κ2) is 8.08. The summed E-state index contributed by atoms with van der Waals surface area (Å²) in [7, 11) is 0. The van der Waals surface area contributed by atoms with Crippen molar-refractivity contribution in [3.05, 3.63) is 35.9 Å². The lowest BCUT2D eigenvalue weighted by Gasteiger charge is -2.32. The van der Waals surface area contributed by atoms with Crippen LogP contribution in [0.2, 0.25) is 0 Å². The number of thioether (sulfide) groups is 1. The summed E-state index contributed by atoms with van der Waals surface area (Å²) in [4.78, 5) is 23.6. The number of rotatable bonds is 9. The maximum atomic E-state index is 12.1. The minimum atomic E-state index is -0.988. The van der Waals surface area contributed by atoms with E-state index in [9.17, 15) is 14.7 Å². The highest BCUT2D eigenvalue weighted by molar-refractivity contribution is 8.02. The van der Waals surface area contributed by atoms with E-state index in [1.165, 1.54) is 11.8 Å². The monoisotopic (exact) mass is 309 g/mol. The van der Waals surface area contributed by atoms with E-state index in [2.05, 4.69) is 0 Å². The summed E-state index contributed by atoms with van der Waals surface area (Å²) < 4.78 is -0.988. The number of carboxylic acid groups (broad SMARTS) is 1. The van der Waals surface area contributed by atoms with Gasteiger partial charge in [-0.3, -0.25) is 9.59 Å². The van der Waals surface area contributed by atoms with Gasteiger partial charge in [0.15, 0.2) is 0 Å². The van der Waals surface area contributed by atoms with Crippen molar-refractivity contribution in [1.82, 2.24) is 0 Å². The zero-order valence-electron chi connectivity index (χ0n) is 12.5. The molecule has 2 atom stereocenters. The zero-order chi connectivity index (χ0) is 15.9. The Kier molecular flexibility index (Phi) is 6.75. The van der Waals surface area contributed by atoms with Crippen molar-refractivity contribution in [3.63, 3.8) is 0 Å². The average Bonchev–Trinajstić information content (AvgIpc) is 2.48. The van der Waals surface area contributed by atoms with Crippen LogP contribution in [-0.2, 0) is 14.3 Å². The van der Waals surface area contributed by atoms with Crippen molar-refractivity contribution in [2.75, 3.05) is 0 Å². The van der Waals surface area contributed by atoms with Crippen molar-refractivity contribution in [2.24, 2.45) is 5.73 Å². The third-order valence-corrected chi connectivity index (χ3v) is 5.42. The number of unbranched alkanes of at least 4 members (excludes halogenated alkanes) is 1. The maximum absolute atomic E-state index is 12.1. The third-order valence-electron chi connectivity index (χ3n) is 3.57. The van der Waals surface area contributed by atoms with E-state index < -0.39 is 21.9 Å². The van der Waals surface area contributed by atoms with Gasteiger partial charge in [-0.25, -0.2) is 0 Å². The molecule has 0 aliphatic heterocycles. The van der Waals surface area contributed by atoms with Gasteiger partial charge in [0, 0.05) is 0 Å². The lowest BCUT2D eigenvalue weighted by molar-refractivity contribution is -0.136. The molecule has 0 aromatic heterocycles. The predicted octanol–water partition coefficient (Wildman–Crippen LogP) is 3.15. The molecular weight excluding hydrogens is 286 g/mol.